The van der Waals surface area contributed by atoms with Gasteiger partial charge in [0.1, 0.15) is 0 Å². The number of halogens is 1. The van der Waals surface area contributed by atoms with Crippen molar-refractivity contribution in [2.75, 3.05) is 13.6 Å². The molecule has 2 unspecified atom stereocenters. The Hall–Kier alpha value is -0.680. The highest BCUT2D eigenvalue weighted by Crippen LogP contribution is 2.25. The van der Waals surface area contributed by atoms with Crippen LogP contribution in [0.4, 0.5) is 0 Å². The first-order valence-corrected chi connectivity index (χ1v) is 8.90. The van der Waals surface area contributed by atoms with Crippen molar-refractivity contribution in [1.82, 2.24) is 4.90 Å². The summed E-state index contributed by atoms with van der Waals surface area (Å²) in [5.74, 6) is 0. The van der Waals surface area contributed by atoms with E-state index in [2.05, 4.69) is 52.3 Å². The van der Waals surface area contributed by atoms with Gasteiger partial charge in [0.15, 0.2) is 0 Å². The molecule has 0 saturated carbocycles. The molecule has 21 heavy (non-hydrogen) atoms. The lowest BCUT2D eigenvalue weighted by atomic mass is 10.1. The van der Waals surface area contributed by atoms with Crippen molar-refractivity contribution < 1.29 is 5.11 Å². The lowest BCUT2D eigenvalue weighted by Crippen LogP contribution is -2.32. The molecule has 0 spiro atoms. The molecule has 1 aromatic carbocycles. The minimum Gasteiger partial charge on any atom is -0.388 e. The topological polar surface area (TPSA) is 23.5 Å². The van der Waals surface area contributed by atoms with Gasteiger partial charge in [0.05, 0.1) is 6.10 Å². The summed E-state index contributed by atoms with van der Waals surface area (Å²) < 4.78 is 0.979. The molecule has 114 valence electrons. The summed E-state index contributed by atoms with van der Waals surface area (Å²) in [5.41, 5.74) is 0.969. The number of thiophene rings is 1. The normalized spacial score (nSPS) is 14.3. The first-order chi connectivity index (χ1) is 10.1. The molecule has 1 heterocycles. The second-order valence-corrected chi connectivity index (χ2v) is 7.33. The first-order valence-electron chi connectivity index (χ1n) is 7.23. The molecular weight excluding hydrogens is 346 g/mol. The average molecular weight is 368 g/mol. The average Bonchev–Trinajstić information content (AvgIpc) is 2.97. The van der Waals surface area contributed by atoms with E-state index in [1.54, 1.807) is 0 Å². The van der Waals surface area contributed by atoms with E-state index in [0.29, 0.717) is 6.04 Å². The van der Waals surface area contributed by atoms with Crippen LogP contribution < -0.4 is 0 Å². The van der Waals surface area contributed by atoms with Crippen LogP contribution in [0.15, 0.2) is 46.3 Å². The van der Waals surface area contributed by atoms with E-state index in [-0.39, 0.29) is 0 Å². The van der Waals surface area contributed by atoms with E-state index >= 15 is 0 Å². The summed E-state index contributed by atoms with van der Waals surface area (Å²) in [7, 11) is 2.13. The van der Waals surface area contributed by atoms with Gasteiger partial charge in [-0.3, -0.25) is 0 Å². The van der Waals surface area contributed by atoms with Gasteiger partial charge < -0.3 is 10.0 Å². The van der Waals surface area contributed by atoms with Crippen LogP contribution >= 0.6 is 27.3 Å². The van der Waals surface area contributed by atoms with Crippen molar-refractivity contribution in [1.29, 1.82) is 0 Å². The zero-order valence-electron chi connectivity index (χ0n) is 12.5. The Morgan fingerprint density at radius 2 is 2.00 bits per heavy atom. The highest BCUT2D eigenvalue weighted by atomic mass is 79.9. The van der Waals surface area contributed by atoms with E-state index < -0.39 is 6.10 Å². The summed E-state index contributed by atoms with van der Waals surface area (Å²) in [4.78, 5) is 3.74. The molecule has 2 atom stereocenters. The van der Waals surface area contributed by atoms with E-state index in [9.17, 15) is 5.11 Å². The number of likely N-dealkylation sites (N-methyl/N-ethyl adjacent to an activating group) is 1. The van der Waals surface area contributed by atoms with Gasteiger partial charge in [-0.1, -0.05) is 40.2 Å². The lowest BCUT2D eigenvalue weighted by Gasteiger charge is -2.25. The summed E-state index contributed by atoms with van der Waals surface area (Å²) in [6, 6.07) is 12.7. The first kappa shape index (κ1) is 16.7. The molecule has 2 aromatic rings. The minimum absolute atomic E-state index is 0.419. The van der Waals surface area contributed by atoms with Gasteiger partial charge in [0.25, 0.3) is 0 Å². The van der Waals surface area contributed by atoms with Crippen LogP contribution in [0.3, 0.4) is 0 Å². The van der Waals surface area contributed by atoms with Crippen molar-refractivity contribution in [3.63, 3.8) is 0 Å². The lowest BCUT2D eigenvalue weighted by molar-refractivity contribution is 0.138. The maximum Gasteiger partial charge on any atom is 0.0813 e. The van der Waals surface area contributed by atoms with Crippen LogP contribution in [0, 0.1) is 0 Å². The minimum atomic E-state index is -0.419. The third-order valence-corrected chi connectivity index (χ3v) is 5.47. The fourth-order valence-electron chi connectivity index (χ4n) is 2.32. The largest absolute Gasteiger partial charge is 0.388 e. The number of aliphatic hydroxyl groups excluding tert-OH is 1. The molecule has 4 heteroatoms. The predicted octanol–water partition coefficient (Wildman–Crippen LogP) is 4.50. The van der Waals surface area contributed by atoms with E-state index in [1.165, 1.54) is 4.88 Å². The van der Waals surface area contributed by atoms with Crippen LogP contribution in [0.2, 0.25) is 0 Å². The molecule has 2 rings (SSSR count). The molecule has 0 fully saturated rings. The number of rotatable bonds is 7. The maximum absolute atomic E-state index is 10.3. The zero-order chi connectivity index (χ0) is 15.2. The maximum atomic E-state index is 10.3. The standard InChI is InChI=1S/C17H22BrNOS/c1-13(12-14-6-5-11-21-14)19(2)10-9-17(20)15-7-3-4-8-16(15)18/h3-8,11,13,17,20H,9-10,12H2,1-2H3. The third kappa shape index (κ3) is 4.92. The fraction of sp³-hybridized carbons (Fsp3) is 0.412. The molecule has 0 bridgehead atoms. The number of nitrogens with zero attached hydrogens (tertiary/aromatic N) is 1. The molecule has 0 radical (unpaired) electrons. The van der Waals surface area contributed by atoms with Gasteiger partial charge in [-0.05, 0) is 49.9 Å². The van der Waals surface area contributed by atoms with Crippen molar-refractivity contribution in [3.05, 3.63) is 56.7 Å². The molecule has 0 saturated heterocycles. The Morgan fingerprint density at radius 1 is 1.24 bits per heavy atom. The van der Waals surface area contributed by atoms with Gasteiger partial charge >= 0.3 is 0 Å². The Bertz CT molecular complexity index is 543. The van der Waals surface area contributed by atoms with Gasteiger partial charge in [0, 0.05) is 21.9 Å². The zero-order valence-corrected chi connectivity index (χ0v) is 14.9. The second kappa shape index (κ2) is 8.08. The molecule has 0 aliphatic carbocycles. The Balaban J connectivity index is 1.83. The van der Waals surface area contributed by atoms with Crippen LogP contribution in [-0.4, -0.2) is 29.6 Å². The Kier molecular flexibility index (Phi) is 6.42. The highest BCUT2D eigenvalue weighted by molar-refractivity contribution is 9.10. The Morgan fingerprint density at radius 3 is 2.67 bits per heavy atom. The van der Waals surface area contributed by atoms with Crippen LogP contribution in [0.1, 0.15) is 29.9 Å². The van der Waals surface area contributed by atoms with E-state index in [1.807, 2.05) is 35.6 Å². The summed E-state index contributed by atoms with van der Waals surface area (Å²) >= 11 is 5.31. The van der Waals surface area contributed by atoms with Gasteiger partial charge in [0.2, 0.25) is 0 Å². The van der Waals surface area contributed by atoms with Crippen LogP contribution in [0.5, 0.6) is 0 Å². The fourth-order valence-corrected chi connectivity index (χ4v) is 3.70. The number of benzene rings is 1. The summed E-state index contributed by atoms with van der Waals surface area (Å²) in [6.45, 7) is 3.12. The molecule has 2 nitrogen and oxygen atoms in total. The SMILES string of the molecule is CC(Cc1cccs1)N(C)CCC(O)c1ccccc1Br. The number of aliphatic hydroxyl groups is 1. The molecule has 0 aliphatic rings. The highest BCUT2D eigenvalue weighted by Gasteiger charge is 2.15. The van der Waals surface area contributed by atoms with E-state index in [0.717, 1.165) is 29.4 Å². The van der Waals surface area contributed by atoms with Crippen LogP contribution in [-0.2, 0) is 6.42 Å². The second-order valence-electron chi connectivity index (χ2n) is 5.44. The van der Waals surface area contributed by atoms with Gasteiger partial charge in [-0.25, -0.2) is 0 Å². The quantitative estimate of drug-likeness (QED) is 0.778. The molecule has 1 N–H and O–H groups in total. The smallest absolute Gasteiger partial charge is 0.0813 e. The van der Waals surface area contributed by atoms with Gasteiger partial charge in [-0.2, -0.15) is 0 Å². The van der Waals surface area contributed by atoms with Crippen molar-refractivity contribution >= 4 is 27.3 Å². The summed E-state index contributed by atoms with van der Waals surface area (Å²) in [6.07, 6.45) is 1.39. The van der Waals surface area contributed by atoms with Crippen molar-refractivity contribution in [3.8, 4) is 0 Å². The molecule has 0 amide bonds. The van der Waals surface area contributed by atoms with E-state index in [4.69, 9.17) is 0 Å². The third-order valence-electron chi connectivity index (χ3n) is 3.85. The van der Waals surface area contributed by atoms with Gasteiger partial charge in [-0.15, -0.1) is 11.3 Å². The molecule has 0 aliphatic heterocycles. The Labute approximate surface area is 139 Å². The molecular formula is C17H22BrNOS. The van der Waals surface area contributed by atoms with Crippen molar-refractivity contribution in [2.45, 2.75) is 31.9 Å². The number of hydrogen-bond donors (Lipinski definition) is 1. The van der Waals surface area contributed by atoms with Crippen molar-refractivity contribution in [2.24, 2.45) is 0 Å². The van der Waals surface area contributed by atoms with Crippen LogP contribution in [0.25, 0.3) is 0 Å². The molecule has 1 aromatic heterocycles. The monoisotopic (exact) mass is 367 g/mol. The number of hydrogen-bond acceptors (Lipinski definition) is 3. The predicted molar refractivity (Wildman–Crippen MR) is 93.8 cm³/mol. The summed E-state index contributed by atoms with van der Waals surface area (Å²) in [5, 5.41) is 12.5.